The highest BCUT2D eigenvalue weighted by atomic mass is 32.2. The number of hydrogen-bond acceptors (Lipinski definition) is 3. The number of rotatable bonds is 5. The van der Waals surface area contributed by atoms with Gasteiger partial charge in [0.2, 0.25) is 0 Å². The first-order valence-electron chi connectivity index (χ1n) is 2.81. The van der Waals surface area contributed by atoms with Gasteiger partial charge in [0.25, 0.3) is 0 Å². The summed E-state index contributed by atoms with van der Waals surface area (Å²) < 4.78 is 4.25. The van der Waals surface area contributed by atoms with E-state index in [2.05, 4.69) is 11.3 Å². The Morgan fingerprint density at radius 3 is 3.00 bits per heavy atom. The van der Waals surface area contributed by atoms with Crippen LogP contribution >= 0.6 is 11.8 Å². The quantitative estimate of drug-likeness (QED) is 0.379. The van der Waals surface area contributed by atoms with Gasteiger partial charge in [-0.3, -0.25) is 0 Å². The fourth-order valence-electron chi connectivity index (χ4n) is 0.355. The Hall–Kier alpha value is -0.640. The lowest BCUT2D eigenvalue weighted by Crippen LogP contribution is -2.03. The molecule has 0 unspecified atom stereocenters. The molecule has 0 saturated carbocycles. The Labute approximate surface area is 64.1 Å². The summed E-state index contributed by atoms with van der Waals surface area (Å²) in [6.07, 6.45) is 0.560. The summed E-state index contributed by atoms with van der Waals surface area (Å²) >= 11 is 1.59. The molecule has 1 N–H and O–H groups in total. The summed E-state index contributed by atoms with van der Waals surface area (Å²) in [5.74, 6) is 1.53. The molecule has 58 valence electrons. The zero-order chi connectivity index (χ0) is 7.82. The minimum atomic E-state index is -1.21. The third-order valence-electron chi connectivity index (χ3n) is 0.689. The summed E-state index contributed by atoms with van der Waals surface area (Å²) in [4.78, 5) is 9.78. The van der Waals surface area contributed by atoms with Crippen molar-refractivity contribution < 1.29 is 14.6 Å². The minimum absolute atomic E-state index is 0.258. The average molecular weight is 162 g/mol. The van der Waals surface area contributed by atoms with E-state index in [9.17, 15) is 4.79 Å². The van der Waals surface area contributed by atoms with E-state index < -0.39 is 6.16 Å². The number of carboxylic acid groups (broad SMARTS) is 1. The summed E-state index contributed by atoms with van der Waals surface area (Å²) in [6.45, 7) is 3.77. The molecule has 0 heterocycles. The smallest absolute Gasteiger partial charge is 0.450 e. The van der Waals surface area contributed by atoms with Crippen molar-refractivity contribution >= 4 is 17.9 Å². The summed E-state index contributed by atoms with van der Waals surface area (Å²) in [7, 11) is 0. The number of hydrogen-bond donors (Lipinski definition) is 1. The van der Waals surface area contributed by atoms with Crippen LogP contribution in [0.1, 0.15) is 0 Å². The highest BCUT2D eigenvalue weighted by Gasteiger charge is 1.93. The maximum atomic E-state index is 9.78. The van der Waals surface area contributed by atoms with Crippen molar-refractivity contribution in [3.05, 3.63) is 12.7 Å². The molecule has 0 aromatic heterocycles. The molecule has 0 aliphatic rings. The third kappa shape index (κ3) is 7.36. The Kier molecular flexibility index (Phi) is 6.06. The van der Waals surface area contributed by atoms with Gasteiger partial charge in [-0.25, -0.2) is 4.79 Å². The molecule has 4 heteroatoms. The van der Waals surface area contributed by atoms with Gasteiger partial charge in [0.1, 0.15) is 6.61 Å². The Bertz CT molecular complexity index is 114. The van der Waals surface area contributed by atoms with Gasteiger partial charge in [-0.2, -0.15) is 11.8 Å². The van der Waals surface area contributed by atoms with Crippen molar-refractivity contribution in [1.29, 1.82) is 0 Å². The molecule has 0 spiro atoms. The molecular formula is C6H10O3S. The zero-order valence-electron chi connectivity index (χ0n) is 5.58. The van der Waals surface area contributed by atoms with Crippen LogP contribution in [0.3, 0.4) is 0 Å². The second-order valence-corrected chi connectivity index (χ2v) is 2.63. The second-order valence-electron chi connectivity index (χ2n) is 1.48. The summed E-state index contributed by atoms with van der Waals surface area (Å²) in [5, 5.41) is 8.02. The van der Waals surface area contributed by atoms with E-state index in [1.165, 1.54) is 0 Å². The van der Waals surface area contributed by atoms with Crippen LogP contribution in [-0.4, -0.2) is 29.4 Å². The van der Waals surface area contributed by atoms with Crippen molar-refractivity contribution in [3.63, 3.8) is 0 Å². The topological polar surface area (TPSA) is 46.5 Å². The predicted octanol–water partition coefficient (Wildman–Crippen LogP) is 1.60. The highest BCUT2D eigenvalue weighted by molar-refractivity contribution is 7.99. The summed E-state index contributed by atoms with van der Waals surface area (Å²) in [5.41, 5.74) is 0. The van der Waals surface area contributed by atoms with Crippen LogP contribution in [0.15, 0.2) is 12.7 Å². The molecule has 0 saturated heterocycles. The van der Waals surface area contributed by atoms with Crippen LogP contribution in [-0.2, 0) is 4.74 Å². The van der Waals surface area contributed by atoms with Crippen LogP contribution in [0.2, 0.25) is 0 Å². The van der Waals surface area contributed by atoms with E-state index in [0.29, 0.717) is 5.75 Å². The molecule has 0 atom stereocenters. The van der Waals surface area contributed by atoms with Gasteiger partial charge < -0.3 is 9.84 Å². The molecule has 0 amide bonds. The van der Waals surface area contributed by atoms with Crippen molar-refractivity contribution in [2.75, 3.05) is 18.1 Å². The predicted molar refractivity (Wildman–Crippen MR) is 41.5 cm³/mol. The molecule has 0 aromatic rings. The Balaban J connectivity index is 2.90. The van der Waals surface area contributed by atoms with Crippen molar-refractivity contribution in [3.8, 4) is 0 Å². The van der Waals surface area contributed by atoms with Gasteiger partial charge >= 0.3 is 6.16 Å². The van der Waals surface area contributed by atoms with Crippen molar-refractivity contribution in [1.82, 2.24) is 0 Å². The number of ether oxygens (including phenoxy) is 1. The Morgan fingerprint density at radius 1 is 1.80 bits per heavy atom. The van der Waals surface area contributed by atoms with E-state index in [1.54, 1.807) is 17.8 Å². The molecule has 0 aliphatic carbocycles. The number of thioether (sulfide) groups is 1. The zero-order valence-corrected chi connectivity index (χ0v) is 6.39. The summed E-state index contributed by atoms with van der Waals surface area (Å²) in [6, 6.07) is 0. The van der Waals surface area contributed by atoms with Crippen LogP contribution in [0.5, 0.6) is 0 Å². The molecule has 3 nitrogen and oxygen atoms in total. The fraction of sp³-hybridized carbons (Fsp3) is 0.500. The van der Waals surface area contributed by atoms with E-state index in [1.807, 2.05) is 0 Å². The molecular weight excluding hydrogens is 152 g/mol. The molecule has 0 bridgehead atoms. The highest BCUT2D eigenvalue weighted by Crippen LogP contribution is 1.98. The maximum absolute atomic E-state index is 9.78. The average Bonchev–Trinajstić information content (AvgIpc) is 1.87. The minimum Gasteiger partial charge on any atom is -0.450 e. The third-order valence-corrected chi connectivity index (χ3v) is 1.62. The molecule has 0 fully saturated rings. The lowest BCUT2D eigenvalue weighted by atomic mass is 10.8. The molecule has 0 aliphatic heterocycles. The van der Waals surface area contributed by atoms with E-state index in [4.69, 9.17) is 5.11 Å². The van der Waals surface area contributed by atoms with E-state index >= 15 is 0 Å². The lowest BCUT2D eigenvalue weighted by molar-refractivity contribution is 0.0975. The first kappa shape index (κ1) is 9.36. The van der Waals surface area contributed by atoms with E-state index in [-0.39, 0.29) is 6.61 Å². The monoisotopic (exact) mass is 162 g/mol. The molecule has 0 radical (unpaired) electrons. The molecule has 10 heavy (non-hydrogen) atoms. The largest absolute Gasteiger partial charge is 0.505 e. The van der Waals surface area contributed by atoms with E-state index in [0.717, 1.165) is 5.75 Å². The van der Waals surface area contributed by atoms with Gasteiger partial charge in [0.15, 0.2) is 0 Å². The molecule has 0 rings (SSSR count). The lowest BCUT2D eigenvalue weighted by Gasteiger charge is -1.97. The van der Waals surface area contributed by atoms with Gasteiger partial charge in [0, 0.05) is 11.5 Å². The van der Waals surface area contributed by atoms with Gasteiger partial charge in [-0.1, -0.05) is 6.08 Å². The first-order valence-corrected chi connectivity index (χ1v) is 3.97. The maximum Gasteiger partial charge on any atom is 0.505 e. The van der Waals surface area contributed by atoms with Gasteiger partial charge in [0.05, 0.1) is 0 Å². The molecule has 0 aromatic carbocycles. The van der Waals surface area contributed by atoms with Crippen molar-refractivity contribution in [2.24, 2.45) is 0 Å². The fourth-order valence-corrected chi connectivity index (χ4v) is 0.889. The second kappa shape index (κ2) is 6.48. The van der Waals surface area contributed by atoms with Gasteiger partial charge in [-0.05, 0) is 0 Å². The van der Waals surface area contributed by atoms with Crippen LogP contribution in [0.25, 0.3) is 0 Å². The SMILES string of the molecule is C=CCSCCOC(=O)O. The van der Waals surface area contributed by atoms with Crippen LogP contribution in [0, 0.1) is 0 Å². The Morgan fingerprint density at radius 2 is 2.50 bits per heavy atom. The van der Waals surface area contributed by atoms with Gasteiger partial charge in [-0.15, -0.1) is 6.58 Å². The van der Waals surface area contributed by atoms with Crippen molar-refractivity contribution in [2.45, 2.75) is 0 Å². The first-order chi connectivity index (χ1) is 4.77. The van der Waals surface area contributed by atoms with Crippen LogP contribution < -0.4 is 0 Å². The normalized spacial score (nSPS) is 8.80. The standard InChI is InChI=1S/C6H10O3S/c1-2-4-10-5-3-9-6(7)8/h2H,1,3-5H2,(H,7,8). The number of carbonyl (C=O) groups is 1. The van der Waals surface area contributed by atoms with Crippen LogP contribution in [0.4, 0.5) is 4.79 Å².